The van der Waals surface area contributed by atoms with Gasteiger partial charge in [0, 0.05) is 5.56 Å². The summed E-state index contributed by atoms with van der Waals surface area (Å²) in [6.07, 6.45) is 1.38. The fourth-order valence-electron chi connectivity index (χ4n) is 2.28. The van der Waals surface area contributed by atoms with Crippen LogP contribution in [0.25, 0.3) is 0 Å². The number of nitrogens with zero attached hydrogens (tertiary/aromatic N) is 1. The first kappa shape index (κ1) is 18.6. The molecule has 5 nitrogen and oxygen atoms in total. The molecule has 0 saturated carbocycles. The second-order valence-electron chi connectivity index (χ2n) is 5.62. The lowest BCUT2D eigenvalue weighted by molar-refractivity contribution is 0.305. The van der Waals surface area contributed by atoms with Crippen molar-refractivity contribution in [1.82, 2.24) is 4.83 Å². The van der Waals surface area contributed by atoms with E-state index in [4.69, 9.17) is 4.74 Å². The molecule has 0 aliphatic rings. The van der Waals surface area contributed by atoms with E-state index in [1.807, 2.05) is 0 Å². The van der Waals surface area contributed by atoms with Crippen molar-refractivity contribution in [1.29, 1.82) is 0 Å². The average Bonchev–Trinajstić information content (AvgIpc) is 2.69. The van der Waals surface area contributed by atoms with E-state index in [0.717, 1.165) is 5.56 Å². The monoisotopic (exact) mass is 384 g/mol. The zero-order valence-corrected chi connectivity index (χ0v) is 15.1. The van der Waals surface area contributed by atoms with Crippen molar-refractivity contribution in [3.63, 3.8) is 0 Å². The molecule has 3 aromatic carbocycles. The summed E-state index contributed by atoms with van der Waals surface area (Å²) < 4.78 is 43.0. The Morgan fingerprint density at radius 1 is 0.926 bits per heavy atom. The van der Waals surface area contributed by atoms with Crippen LogP contribution in [0, 0.1) is 5.82 Å². The van der Waals surface area contributed by atoms with Crippen LogP contribution in [0.2, 0.25) is 0 Å². The molecule has 3 aromatic rings. The van der Waals surface area contributed by atoms with E-state index in [1.54, 1.807) is 54.6 Å². The molecule has 27 heavy (non-hydrogen) atoms. The third kappa shape index (κ3) is 5.15. The summed E-state index contributed by atoms with van der Waals surface area (Å²) in [4.78, 5) is 2.30. The van der Waals surface area contributed by atoms with Gasteiger partial charge in [-0.1, -0.05) is 42.5 Å². The van der Waals surface area contributed by atoms with E-state index in [9.17, 15) is 12.8 Å². The van der Waals surface area contributed by atoms with Crippen LogP contribution in [0.5, 0.6) is 5.75 Å². The van der Waals surface area contributed by atoms with Gasteiger partial charge in [-0.05, 0) is 42.0 Å². The highest BCUT2D eigenvalue weighted by Gasteiger charge is 2.11. The second kappa shape index (κ2) is 8.46. The van der Waals surface area contributed by atoms with Crippen LogP contribution >= 0.6 is 0 Å². The van der Waals surface area contributed by atoms with Gasteiger partial charge in [-0.2, -0.15) is 13.5 Å². The van der Waals surface area contributed by atoms with Crippen LogP contribution in [-0.2, 0) is 16.6 Å². The summed E-state index contributed by atoms with van der Waals surface area (Å²) in [7, 11) is -3.73. The van der Waals surface area contributed by atoms with Crippen LogP contribution in [0.4, 0.5) is 4.39 Å². The standard InChI is InChI=1S/C20H17FN2O3S/c21-18-12-10-16(11-13-18)15-26-20-9-5-4-6-17(20)14-22-23-27(24,25)19-7-2-1-3-8-19/h1-14,23H,15H2/b22-14-. The molecule has 0 unspecified atom stereocenters. The third-order valence-corrected chi connectivity index (χ3v) is 4.90. The molecule has 0 aliphatic heterocycles. The van der Waals surface area contributed by atoms with Gasteiger partial charge in [0.05, 0.1) is 11.1 Å². The highest BCUT2D eigenvalue weighted by molar-refractivity contribution is 7.89. The lowest BCUT2D eigenvalue weighted by Crippen LogP contribution is -2.18. The summed E-state index contributed by atoms with van der Waals surface area (Å²) in [6.45, 7) is 0.251. The van der Waals surface area contributed by atoms with Crippen molar-refractivity contribution in [2.45, 2.75) is 11.5 Å². The summed E-state index contributed by atoms with van der Waals surface area (Å²) in [5.41, 5.74) is 1.42. The lowest BCUT2D eigenvalue weighted by atomic mass is 10.2. The molecule has 7 heteroatoms. The molecule has 0 saturated heterocycles. The normalized spacial score (nSPS) is 11.4. The van der Waals surface area contributed by atoms with E-state index >= 15 is 0 Å². The number of benzene rings is 3. The SMILES string of the molecule is O=S(=O)(N/N=C\c1ccccc1OCc1ccc(F)cc1)c1ccccc1. The Hall–Kier alpha value is -3.19. The molecule has 0 bridgehead atoms. The van der Waals surface area contributed by atoms with Crippen molar-refractivity contribution in [3.8, 4) is 5.75 Å². The Morgan fingerprint density at radius 2 is 1.59 bits per heavy atom. The van der Waals surface area contributed by atoms with Crippen molar-refractivity contribution in [2.75, 3.05) is 0 Å². The molecule has 0 atom stereocenters. The predicted octanol–water partition coefficient (Wildman–Crippen LogP) is 3.72. The topological polar surface area (TPSA) is 67.8 Å². The highest BCUT2D eigenvalue weighted by Crippen LogP contribution is 2.18. The maximum Gasteiger partial charge on any atom is 0.276 e. The lowest BCUT2D eigenvalue weighted by Gasteiger charge is -2.09. The van der Waals surface area contributed by atoms with E-state index in [2.05, 4.69) is 9.93 Å². The fraction of sp³-hybridized carbons (Fsp3) is 0.0500. The van der Waals surface area contributed by atoms with Crippen molar-refractivity contribution in [3.05, 3.63) is 95.8 Å². The van der Waals surface area contributed by atoms with Crippen molar-refractivity contribution in [2.24, 2.45) is 5.10 Å². The Labute approximate surface area is 157 Å². The van der Waals surface area contributed by atoms with Gasteiger partial charge >= 0.3 is 0 Å². The average molecular weight is 384 g/mol. The zero-order chi connectivity index (χ0) is 19.1. The molecule has 0 aliphatic carbocycles. The van der Waals surface area contributed by atoms with Crippen molar-refractivity contribution >= 4 is 16.2 Å². The molecule has 0 heterocycles. The molecule has 138 valence electrons. The van der Waals surface area contributed by atoms with Gasteiger partial charge < -0.3 is 4.74 Å². The summed E-state index contributed by atoms with van der Waals surface area (Å²) >= 11 is 0. The molecular formula is C20H17FN2O3S. The predicted molar refractivity (Wildman–Crippen MR) is 102 cm³/mol. The minimum atomic E-state index is -3.73. The van der Waals surface area contributed by atoms with Crippen molar-refractivity contribution < 1.29 is 17.5 Å². The smallest absolute Gasteiger partial charge is 0.276 e. The Kier molecular flexibility index (Phi) is 5.83. The van der Waals surface area contributed by atoms with Crippen LogP contribution < -0.4 is 9.57 Å². The largest absolute Gasteiger partial charge is 0.488 e. The van der Waals surface area contributed by atoms with Gasteiger partial charge in [-0.3, -0.25) is 0 Å². The zero-order valence-electron chi connectivity index (χ0n) is 14.2. The number of ether oxygens (including phenoxy) is 1. The number of hydrogen-bond acceptors (Lipinski definition) is 4. The van der Waals surface area contributed by atoms with Gasteiger partial charge in [-0.25, -0.2) is 9.22 Å². The Morgan fingerprint density at radius 3 is 2.33 bits per heavy atom. The van der Waals surface area contributed by atoms with Crippen LogP contribution in [0.3, 0.4) is 0 Å². The highest BCUT2D eigenvalue weighted by atomic mass is 32.2. The second-order valence-corrected chi connectivity index (χ2v) is 7.28. The number of sulfonamides is 1. The van der Waals surface area contributed by atoms with Gasteiger partial charge in [0.15, 0.2) is 0 Å². The van der Waals surface area contributed by atoms with Crippen LogP contribution in [0.15, 0.2) is 88.9 Å². The third-order valence-electron chi connectivity index (χ3n) is 3.66. The Bertz CT molecular complexity index is 1020. The van der Waals surface area contributed by atoms with Crippen LogP contribution in [-0.4, -0.2) is 14.6 Å². The Balaban J connectivity index is 1.68. The van der Waals surface area contributed by atoms with E-state index in [1.165, 1.54) is 30.5 Å². The number of para-hydroxylation sites is 1. The van der Waals surface area contributed by atoms with Crippen LogP contribution in [0.1, 0.15) is 11.1 Å². The first-order valence-corrected chi connectivity index (χ1v) is 9.59. The molecule has 0 spiro atoms. The molecule has 0 radical (unpaired) electrons. The molecule has 0 aromatic heterocycles. The van der Waals surface area contributed by atoms with E-state index in [-0.39, 0.29) is 17.3 Å². The maximum absolute atomic E-state index is 13.0. The first-order chi connectivity index (χ1) is 13.0. The quantitative estimate of drug-likeness (QED) is 0.499. The number of rotatable bonds is 7. The molecule has 0 amide bonds. The molecule has 1 N–H and O–H groups in total. The minimum Gasteiger partial charge on any atom is -0.488 e. The summed E-state index contributed by atoms with van der Waals surface area (Å²) in [5, 5.41) is 3.82. The van der Waals surface area contributed by atoms with Gasteiger partial charge in [-0.15, -0.1) is 0 Å². The van der Waals surface area contributed by atoms with Gasteiger partial charge in [0.2, 0.25) is 0 Å². The number of hydrazone groups is 1. The number of halogens is 1. The minimum absolute atomic E-state index is 0.128. The summed E-state index contributed by atoms with van der Waals surface area (Å²) in [6, 6.07) is 21.1. The van der Waals surface area contributed by atoms with E-state index in [0.29, 0.717) is 11.3 Å². The van der Waals surface area contributed by atoms with Gasteiger partial charge in [0.1, 0.15) is 18.2 Å². The molecule has 0 fully saturated rings. The molecular weight excluding hydrogens is 367 g/mol. The number of hydrogen-bond donors (Lipinski definition) is 1. The summed E-state index contributed by atoms with van der Waals surface area (Å²) in [5.74, 6) is 0.224. The van der Waals surface area contributed by atoms with Gasteiger partial charge in [0.25, 0.3) is 10.0 Å². The molecule has 3 rings (SSSR count). The fourth-order valence-corrected chi connectivity index (χ4v) is 3.09. The first-order valence-electron chi connectivity index (χ1n) is 8.11. The van der Waals surface area contributed by atoms with E-state index < -0.39 is 10.0 Å². The number of nitrogens with one attached hydrogen (secondary N) is 1. The maximum atomic E-state index is 13.0.